The average molecular weight is 245 g/mol. The van der Waals surface area contributed by atoms with E-state index in [1.165, 1.54) is 0 Å². The van der Waals surface area contributed by atoms with Gasteiger partial charge in [0.15, 0.2) is 5.65 Å². The standard InChI is InChI=1S/C12H9ClN4/c13-9-3-1-8(2-4-9)12-10(14)7-15-11-5-6-16-17(11)12/h1-7H,14H2. The average Bonchev–Trinajstić information content (AvgIpc) is 2.79. The van der Waals surface area contributed by atoms with Gasteiger partial charge in [-0.15, -0.1) is 0 Å². The molecular formula is C12H9ClN4. The summed E-state index contributed by atoms with van der Waals surface area (Å²) in [7, 11) is 0. The van der Waals surface area contributed by atoms with Crippen LogP contribution in [0.3, 0.4) is 0 Å². The van der Waals surface area contributed by atoms with Gasteiger partial charge in [0.2, 0.25) is 0 Å². The second-order valence-electron chi connectivity index (χ2n) is 3.67. The Balaban J connectivity index is 2.31. The zero-order chi connectivity index (χ0) is 11.8. The molecule has 0 fully saturated rings. The quantitative estimate of drug-likeness (QED) is 0.716. The predicted molar refractivity (Wildman–Crippen MR) is 67.8 cm³/mol. The van der Waals surface area contributed by atoms with Gasteiger partial charge in [-0.05, 0) is 12.1 Å². The Morgan fingerprint density at radius 2 is 1.88 bits per heavy atom. The van der Waals surface area contributed by atoms with Crippen LogP contribution in [0.4, 0.5) is 5.69 Å². The zero-order valence-electron chi connectivity index (χ0n) is 8.84. The molecule has 3 aromatic rings. The van der Waals surface area contributed by atoms with Crippen LogP contribution < -0.4 is 5.73 Å². The number of hydrogen-bond acceptors (Lipinski definition) is 3. The van der Waals surface area contributed by atoms with Crippen LogP contribution in [0.15, 0.2) is 42.7 Å². The van der Waals surface area contributed by atoms with E-state index in [2.05, 4.69) is 10.1 Å². The van der Waals surface area contributed by atoms with Crippen LogP contribution in [0.1, 0.15) is 0 Å². The molecule has 0 spiro atoms. The second kappa shape index (κ2) is 3.75. The van der Waals surface area contributed by atoms with Gasteiger partial charge in [0.05, 0.1) is 23.8 Å². The smallest absolute Gasteiger partial charge is 0.155 e. The van der Waals surface area contributed by atoms with Crippen molar-refractivity contribution in [1.29, 1.82) is 0 Å². The van der Waals surface area contributed by atoms with Gasteiger partial charge in [0.1, 0.15) is 0 Å². The van der Waals surface area contributed by atoms with Gasteiger partial charge in [0, 0.05) is 16.7 Å². The minimum Gasteiger partial charge on any atom is -0.396 e. The number of nitrogens with two attached hydrogens (primary N) is 1. The summed E-state index contributed by atoms with van der Waals surface area (Å²) < 4.78 is 1.72. The van der Waals surface area contributed by atoms with Crippen LogP contribution in [0.25, 0.3) is 16.9 Å². The molecule has 0 atom stereocenters. The molecule has 0 unspecified atom stereocenters. The number of halogens is 1. The first-order chi connectivity index (χ1) is 8.25. The molecule has 0 aliphatic carbocycles. The molecule has 84 valence electrons. The first kappa shape index (κ1) is 10.1. The van der Waals surface area contributed by atoms with E-state index in [4.69, 9.17) is 17.3 Å². The molecular weight excluding hydrogens is 236 g/mol. The molecule has 2 aromatic heterocycles. The van der Waals surface area contributed by atoms with Crippen LogP contribution in [-0.2, 0) is 0 Å². The van der Waals surface area contributed by atoms with Crippen LogP contribution in [-0.4, -0.2) is 14.6 Å². The lowest BCUT2D eigenvalue weighted by molar-refractivity contribution is 0.951. The van der Waals surface area contributed by atoms with Gasteiger partial charge >= 0.3 is 0 Å². The van der Waals surface area contributed by atoms with Crippen molar-refractivity contribution in [3.63, 3.8) is 0 Å². The van der Waals surface area contributed by atoms with E-state index in [1.807, 2.05) is 30.3 Å². The van der Waals surface area contributed by atoms with Gasteiger partial charge in [-0.1, -0.05) is 23.7 Å². The summed E-state index contributed by atoms with van der Waals surface area (Å²) in [5.41, 5.74) is 9.11. The van der Waals surface area contributed by atoms with Crippen molar-refractivity contribution in [3.05, 3.63) is 47.7 Å². The first-order valence-electron chi connectivity index (χ1n) is 5.10. The fraction of sp³-hybridized carbons (Fsp3) is 0. The van der Waals surface area contributed by atoms with E-state index in [0.29, 0.717) is 10.7 Å². The number of nitrogen functional groups attached to an aromatic ring is 1. The molecule has 0 saturated heterocycles. The number of fused-ring (bicyclic) bond motifs is 1. The maximum absolute atomic E-state index is 5.96. The summed E-state index contributed by atoms with van der Waals surface area (Å²) in [5.74, 6) is 0. The fourth-order valence-corrected chi connectivity index (χ4v) is 1.91. The third-order valence-corrected chi connectivity index (χ3v) is 2.81. The van der Waals surface area contributed by atoms with E-state index in [9.17, 15) is 0 Å². The summed E-state index contributed by atoms with van der Waals surface area (Å²) >= 11 is 5.87. The molecule has 1 aromatic carbocycles. The molecule has 5 heteroatoms. The van der Waals surface area contributed by atoms with Gasteiger partial charge in [-0.2, -0.15) is 5.10 Å². The van der Waals surface area contributed by atoms with Crippen LogP contribution in [0.2, 0.25) is 5.02 Å². The van der Waals surface area contributed by atoms with E-state index >= 15 is 0 Å². The Morgan fingerprint density at radius 1 is 1.12 bits per heavy atom. The maximum Gasteiger partial charge on any atom is 0.155 e. The predicted octanol–water partition coefficient (Wildman–Crippen LogP) is 2.63. The van der Waals surface area contributed by atoms with Crippen molar-refractivity contribution >= 4 is 22.9 Å². The normalized spacial score (nSPS) is 10.9. The van der Waals surface area contributed by atoms with Crippen molar-refractivity contribution in [2.45, 2.75) is 0 Å². The molecule has 0 aliphatic heterocycles. The van der Waals surface area contributed by atoms with Gasteiger partial charge < -0.3 is 5.73 Å². The number of anilines is 1. The number of benzene rings is 1. The lowest BCUT2D eigenvalue weighted by Gasteiger charge is -2.07. The number of nitrogens with zero attached hydrogens (tertiary/aromatic N) is 3. The Kier molecular flexibility index (Phi) is 2.23. The van der Waals surface area contributed by atoms with Crippen molar-refractivity contribution in [3.8, 4) is 11.3 Å². The summed E-state index contributed by atoms with van der Waals surface area (Å²) in [5, 5.41) is 4.91. The van der Waals surface area contributed by atoms with Crippen LogP contribution >= 0.6 is 11.6 Å². The minimum atomic E-state index is 0.587. The molecule has 0 amide bonds. The minimum absolute atomic E-state index is 0.587. The van der Waals surface area contributed by atoms with E-state index < -0.39 is 0 Å². The Hall–Kier alpha value is -2.07. The third-order valence-electron chi connectivity index (χ3n) is 2.56. The molecule has 4 nitrogen and oxygen atoms in total. The molecule has 0 radical (unpaired) electrons. The van der Waals surface area contributed by atoms with Gasteiger partial charge in [-0.25, -0.2) is 9.50 Å². The SMILES string of the molecule is Nc1cnc2ccnn2c1-c1ccc(Cl)cc1. The van der Waals surface area contributed by atoms with Crippen molar-refractivity contribution in [2.75, 3.05) is 5.73 Å². The van der Waals surface area contributed by atoms with E-state index in [-0.39, 0.29) is 0 Å². The summed E-state index contributed by atoms with van der Waals surface area (Å²) in [4.78, 5) is 4.19. The highest BCUT2D eigenvalue weighted by Crippen LogP contribution is 2.26. The Bertz CT molecular complexity index is 673. The molecule has 2 heterocycles. The largest absolute Gasteiger partial charge is 0.396 e. The molecule has 3 rings (SSSR count). The van der Waals surface area contributed by atoms with Crippen molar-refractivity contribution < 1.29 is 0 Å². The summed E-state index contributed by atoms with van der Waals surface area (Å²) in [6, 6.07) is 9.31. The van der Waals surface area contributed by atoms with Crippen molar-refractivity contribution in [2.24, 2.45) is 0 Å². The zero-order valence-corrected chi connectivity index (χ0v) is 9.59. The molecule has 2 N–H and O–H groups in total. The Morgan fingerprint density at radius 3 is 2.65 bits per heavy atom. The van der Waals surface area contributed by atoms with E-state index in [0.717, 1.165) is 16.9 Å². The summed E-state index contributed by atoms with van der Waals surface area (Å²) in [6.07, 6.45) is 3.34. The number of rotatable bonds is 1. The lowest BCUT2D eigenvalue weighted by Crippen LogP contribution is -2.01. The highest BCUT2D eigenvalue weighted by Gasteiger charge is 2.09. The third kappa shape index (κ3) is 1.62. The topological polar surface area (TPSA) is 56.2 Å². The molecule has 17 heavy (non-hydrogen) atoms. The van der Waals surface area contributed by atoms with Gasteiger partial charge in [0.25, 0.3) is 0 Å². The number of hydrogen-bond donors (Lipinski definition) is 1. The Labute approximate surface area is 103 Å². The van der Waals surface area contributed by atoms with Gasteiger partial charge in [-0.3, -0.25) is 0 Å². The van der Waals surface area contributed by atoms with Crippen LogP contribution in [0.5, 0.6) is 0 Å². The maximum atomic E-state index is 5.96. The monoisotopic (exact) mass is 244 g/mol. The molecule has 0 bridgehead atoms. The first-order valence-corrected chi connectivity index (χ1v) is 5.47. The highest BCUT2D eigenvalue weighted by molar-refractivity contribution is 6.30. The number of aromatic nitrogens is 3. The van der Waals surface area contributed by atoms with Crippen LogP contribution in [0, 0.1) is 0 Å². The fourth-order valence-electron chi connectivity index (χ4n) is 1.78. The molecule has 0 saturated carbocycles. The van der Waals surface area contributed by atoms with E-state index in [1.54, 1.807) is 16.9 Å². The molecule has 0 aliphatic rings. The highest BCUT2D eigenvalue weighted by atomic mass is 35.5. The summed E-state index contributed by atoms with van der Waals surface area (Å²) in [6.45, 7) is 0. The second-order valence-corrected chi connectivity index (χ2v) is 4.11. The lowest BCUT2D eigenvalue weighted by atomic mass is 10.1. The van der Waals surface area contributed by atoms with Crippen molar-refractivity contribution in [1.82, 2.24) is 14.6 Å².